The summed E-state index contributed by atoms with van der Waals surface area (Å²) >= 11 is 5.76. The maximum atomic E-state index is 11.4. The second-order valence-corrected chi connectivity index (χ2v) is 3.29. The van der Waals surface area contributed by atoms with E-state index in [1.54, 1.807) is 0 Å². The summed E-state index contributed by atoms with van der Waals surface area (Å²) in [4.78, 5) is 22.7. The topological polar surface area (TPSA) is 54.4 Å². The largest absolute Gasteiger partial charge is 0.507 e. The first kappa shape index (κ1) is 8.97. The second-order valence-electron chi connectivity index (χ2n) is 2.88. The Bertz CT molecular complexity index is 432. The van der Waals surface area contributed by atoms with Gasteiger partial charge in [0.25, 0.3) is 0 Å². The van der Waals surface area contributed by atoms with Crippen LogP contribution in [-0.4, -0.2) is 16.7 Å². The van der Waals surface area contributed by atoms with Gasteiger partial charge in [0.2, 0.25) is 0 Å². The van der Waals surface area contributed by atoms with Crippen LogP contribution < -0.4 is 0 Å². The fourth-order valence-corrected chi connectivity index (χ4v) is 1.63. The van der Waals surface area contributed by atoms with Crippen LogP contribution in [0.1, 0.15) is 20.7 Å². The third-order valence-corrected chi connectivity index (χ3v) is 2.33. The van der Waals surface area contributed by atoms with Crippen LogP contribution in [0, 0.1) is 0 Å². The van der Waals surface area contributed by atoms with E-state index in [1.807, 2.05) is 0 Å². The molecule has 4 heteroatoms. The zero-order chi connectivity index (χ0) is 10.3. The summed E-state index contributed by atoms with van der Waals surface area (Å²) in [6.07, 6.45) is 2.27. The van der Waals surface area contributed by atoms with Gasteiger partial charge in [-0.05, 0) is 24.3 Å². The van der Waals surface area contributed by atoms with Crippen LogP contribution in [0.5, 0.6) is 5.75 Å². The highest BCUT2D eigenvalue weighted by molar-refractivity contribution is 6.37. The third-order valence-electron chi connectivity index (χ3n) is 2.01. The zero-order valence-corrected chi connectivity index (χ0v) is 7.71. The van der Waals surface area contributed by atoms with Crippen molar-refractivity contribution in [1.29, 1.82) is 0 Å². The van der Waals surface area contributed by atoms with Crippen molar-refractivity contribution in [3.63, 3.8) is 0 Å². The summed E-state index contributed by atoms with van der Waals surface area (Å²) in [6.45, 7) is 0. The highest BCUT2D eigenvalue weighted by atomic mass is 35.5. The van der Waals surface area contributed by atoms with Crippen LogP contribution in [0.4, 0.5) is 0 Å². The van der Waals surface area contributed by atoms with Gasteiger partial charge in [0, 0.05) is 0 Å². The molecule has 0 heterocycles. The van der Waals surface area contributed by atoms with E-state index in [0.717, 1.165) is 12.2 Å². The molecule has 1 aromatic rings. The summed E-state index contributed by atoms with van der Waals surface area (Å²) in [6, 6.07) is 2.69. The normalized spacial score (nSPS) is 14.4. The molecule has 0 unspecified atom stereocenters. The molecule has 0 radical (unpaired) electrons. The molecule has 3 nitrogen and oxygen atoms in total. The smallest absolute Gasteiger partial charge is 0.190 e. The predicted molar refractivity (Wildman–Crippen MR) is 50.9 cm³/mol. The van der Waals surface area contributed by atoms with Crippen molar-refractivity contribution < 1.29 is 14.7 Å². The van der Waals surface area contributed by atoms with E-state index in [1.165, 1.54) is 12.1 Å². The Hall–Kier alpha value is -1.61. The maximum Gasteiger partial charge on any atom is 0.190 e. The minimum absolute atomic E-state index is 0.00926. The van der Waals surface area contributed by atoms with Crippen molar-refractivity contribution in [1.82, 2.24) is 0 Å². The van der Waals surface area contributed by atoms with Crippen molar-refractivity contribution in [2.45, 2.75) is 0 Å². The highest BCUT2D eigenvalue weighted by Gasteiger charge is 2.24. The molecule has 0 saturated heterocycles. The lowest BCUT2D eigenvalue weighted by atomic mass is 9.94. The SMILES string of the molecule is O=C1C=CC(=O)c2c(Cl)ccc(O)c21. The van der Waals surface area contributed by atoms with Crippen molar-refractivity contribution in [3.05, 3.63) is 40.4 Å². The van der Waals surface area contributed by atoms with Gasteiger partial charge in [0.05, 0.1) is 16.1 Å². The number of ketones is 2. The molecule has 0 amide bonds. The van der Waals surface area contributed by atoms with E-state index < -0.39 is 5.78 Å². The van der Waals surface area contributed by atoms with Crippen LogP contribution in [0.2, 0.25) is 5.02 Å². The molecule has 1 aliphatic carbocycles. The van der Waals surface area contributed by atoms with E-state index in [-0.39, 0.29) is 27.7 Å². The van der Waals surface area contributed by atoms with E-state index >= 15 is 0 Å². The van der Waals surface area contributed by atoms with Gasteiger partial charge in [-0.2, -0.15) is 0 Å². The van der Waals surface area contributed by atoms with Gasteiger partial charge in [-0.3, -0.25) is 9.59 Å². The number of benzene rings is 1. The highest BCUT2D eigenvalue weighted by Crippen LogP contribution is 2.31. The first-order valence-corrected chi connectivity index (χ1v) is 4.27. The molecule has 0 atom stereocenters. The minimum Gasteiger partial charge on any atom is -0.507 e. The fourth-order valence-electron chi connectivity index (χ4n) is 1.37. The molecular formula is C10H5ClO3. The number of rotatable bonds is 0. The maximum absolute atomic E-state index is 11.4. The number of phenols is 1. The van der Waals surface area contributed by atoms with Gasteiger partial charge in [-0.15, -0.1) is 0 Å². The van der Waals surface area contributed by atoms with Gasteiger partial charge in [0.15, 0.2) is 11.6 Å². The van der Waals surface area contributed by atoms with Gasteiger partial charge in [-0.1, -0.05) is 11.6 Å². The van der Waals surface area contributed by atoms with Crippen LogP contribution in [0.25, 0.3) is 0 Å². The Morgan fingerprint density at radius 1 is 1.00 bits per heavy atom. The molecule has 0 fully saturated rings. The summed E-state index contributed by atoms with van der Waals surface area (Å²) < 4.78 is 0. The van der Waals surface area contributed by atoms with Crippen LogP contribution in [0.3, 0.4) is 0 Å². The molecule has 14 heavy (non-hydrogen) atoms. The number of carbonyl (C=O) groups excluding carboxylic acids is 2. The molecule has 70 valence electrons. The van der Waals surface area contributed by atoms with Gasteiger partial charge in [-0.25, -0.2) is 0 Å². The zero-order valence-electron chi connectivity index (χ0n) is 6.95. The first-order valence-electron chi connectivity index (χ1n) is 3.89. The molecule has 2 rings (SSSR count). The van der Waals surface area contributed by atoms with Crippen molar-refractivity contribution >= 4 is 23.2 Å². The van der Waals surface area contributed by atoms with Crippen LogP contribution >= 0.6 is 11.6 Å². The summed E-state index contributed by atoms with van der Waals surface area (Å²) in [5.41, 5.74) is 0.0733. The quantitative estimate of drug-likeness (QED) is 0.709. The van der Waals surface area contributed by atoms with E-state index in [2.05, 4.69) is 0 Å². The first-order chi connectivity index (χ1) is 6.61. The molecule has 1 aliphatic rings. The lowest BCUT2D eigenvalue weighted by Gasteiger charge is -2.11. The molecule has 0 aliphatic heterocycles. The molecule has 0 saturated carbocycles. The lowest BCUT2D eigenvalue weighted by Crippen LogP contribution is -2.12. The van der Waals surface area contributed by atoms with E-state index in [9.17, 15) is 14.7 Å². The summed E-state index contributed by atoms with van der Waals surface area (Å²) in [5.74, 6) is -0.979. The number of phenolic OH excluding ortho intramolecular Hbond substituents is 1. The van der Waals surface area contributed by atoms with Crippen LogP contribution in [-0.2, 0) is 0 Å². The lowest BCUT2D eigenvalue weighted by molar-refractivity contribution is 0.0992. The van der Waals surface area contributed by atoms with Crippen molar-refractivity contribution in [3.8, 4) is 5.75 Å². The van der Waals surface area contributed by atoms with Crippen molar-refractivity contribution in [2.24, 2.45) is 0 Å². The fraction of sp³-hybridized carbons (Fsp3) is 0. The molecule has 0 bridgehead atoms. The standard InChI is InChI=1S/C10H5ClO3/c11-5-1-2-7(13)10-8(14)4-3-6(12)9(5)10/h1-4,13H. The summed E-state index contributed by atoms with van der Waals surface area (Å²) in [7, 11) is 0. The number of carbonyl (C=O) groups is 2. The number of halogens is 1. The average molecular weight is 209 g/mol. The Morgan fingerprint density at radius 3 is 2.14 bits per heavy atom. The molecular weight excluding hydrogens is 204 g/mol. The van der Waals surface area contributed by atoms with Gasteiger partial charge >= 0.3 is 0 Å². The number of fused-ring (bicyclic) bond motifs is 1. The van der Waals surface area contributed by atoms with Crippen molar-refractivity contribution in [2.75, 3.05) is 0 Å². The second kappa shape index (κ2) is 2.96. The Balaban J connectivity index is 2.83. The monoisotopic (exact) mass is 208 g/mol. The number of allylic oxidation sites excluding steroid dienone is 2. The molecule has 0 spiro atoms. The summed E-state index contributed by atoms with van der Waals surface area (Å²) in [5, 5.41) is 9.58. The Labute approximate surface area is 84.6 Å². The predicted octanol–water partition coefficient (Wildman–Crippen LogP) is 1.98. The van der Waals surface area contributed by atoms with E-state index in [0.29, 0.717) is 0 Å². The number of hydrogen-bond donors (Lipinski definition) is 1. The minimum atomic E-state index is -0.403. The van der Waals surface area contributed by atoms with Crippen LogP contribution in [0.15, 0.2) is 24.3 Å². The molecule has 1 N–H and O–H groups in total. The number of hydrogen-bond acceptors (Lipinski definition) is 3. The Morgan fingerprint density at radius 2 is 1.57 bits per heavy atom. The number of aromatic hydroxyl groups is 1. The van der Waals surface area contributed by atoms with Gasteiger partial charge < -0.3 is 5.11 Å². The average Bonchev–Trinajstić information content (AvgIpc) is 2.16. The third kappa shape index (κ3) is 1.14. The molecule has 1 aromatic carbocycles. The van der Waals surface area contributed by atoms with E-state index in [4.69, 9.17) is 11.6 Å². The Kier molecular flexibility index (Phi) is 1.89. The molecule has 0 aromatic heterocycles. The van der Waals surface area contributed by atoms with Gasteiger partial charge in [0.1, 0.15) is 5.75 Å².